The predicted octanol–water partition coefficient (Wildman–Crippen LogP) is 4.80. The van der Waals surface area contributed by atoms with Crippen molar-refractivity contribution in [1.82, 2.24) is 4.90 Å². The maximum atomic E-state index is 13.6. The molecule has 7 nitrogen and oxygen atoms in total. The molecule has 0 bridgehead atoms. The summed E-state index contributed by atoms with van der Waals surface area (Å²) in [4.78, 5) is 54.8. The smallest absolute Gasteiger partial charge is 0.338 e. The first-order chi connectivity index (χ1) is 17.4. The van der Waals surface area contributed by atoms with Crippen molar-refractivity contribution in [1.29, 1.82) is 0 Å². The zero-order valence-electron chi connectivity index (χ0n) is 20.5. The second kappa shape index (κ2) is 11.7. The monoisotopic (exact) mass is 510 g/mol. The Morgan fingerprint density at radius 2 is 1.78 bits per heavy atom. The summed E-state index contributed by atoms with van der Waals surface area (Å²) in [7, 11) is 0. The van der Waals surface area contributed by atoms with Gasteiger partial charge in [0.25, 0.3) is 5.91 Å². The van der Waals surface area contributed by atoms with E-state index >= 15 is 0 Å². The number of ether oxygens (including phenoxy) is 1. The molecule has 190 valence electrons. The Hall–Kier alpha value is -3.19. The van der Waals surface area contributed by atoms with E-state index in [4.69, 9.17) is 16.3 Å². The fraction of sp³-hybridized carbons (Fsp3) is 0.429. The number of anilines is 1. The van der Waals surface area contributed by atoms with E-state index in [1.54, 1.807) is 30.0 Å². The largest absolute Gasteiger partial charge is 0.462 e. The molecule has 8 heteroatoms. The molecule has 0 aromatic heterocycles. The van der Waals surface area contributed by atoms with Gasteiger partial charge in [0.1, 0.15) is 6.04 Å². The number of benzene rings is 2. The van der Waals surface area contributed by atoms with Crippen molar-refractivity contribution in [3.8, 4) is 0 Å². The average Bonchev–Trinajstić information content (AvgIpc) is 3.18. The van der Waals surface area contributed by atoms with E-state index in [0.717, 1.165) is 42.6 Å². The first kappa shape index (κ1) is 25.9. The van der Waals surface area contributed by atoms with E-state index in [1.165, 1.54) is 12.1 Å². The maximum Gasteiger partial charge on any atom is 0.338 e. The summed E-state index contributed by atoms with van der Waals surface area (Å²) < 4.78 is 5.00. The fourth-order valence-electron chi connectivity index (χ4n) is 5.04. The molecule has 3 amide bonds. The van der Waals surface area contributed by atoms with Gasteiger partial charge in [-0.15, -0.1) is 0 Å². The van der Waals surface area contributed by atoms with Crippen molar-refractivity contribution < 1.29 is 23.9 Å². The molecule has 1 saturated carbocycles. The van der Waals surface area contributed by atoms with Crippen LogP contribution in [0.25, 0.3) is 0 Å². The lowest BCUT2D eigenvalue weighted by molar-refractivity contribution is -0.142. The number of carbonyl (C=O) groups excluding carboxylic acids is 4. The SMILES string of the molecule is CCOC(=O)c1ccc(N2C(=O)CC(N(CCc3cccc(Cl)c3)C(=O)C3CCCCC3)C2=O)cc1. The highest BCUT2D eigenvalue weighted by Gasteiger charge is 2.45. The van der Waals surface area contributed by atoms with Crippen LogP contribution in [-0.2, 0) is 25.5 Å². The standard InChI is InChI=1S/C28H31ClN2O5/c1-2-36-28(35)21-11-13-23(14-12-21)31-25(32)18-24(27(31)34)30(26(33)20-8-4-3-5-9-20)16-15-19-7-6-10-22(29)17-19/h6-7,10-14,17,20,24H,2-5,8-9,15-16,18H2,1H3. The third kappa shape index (κ3) is 5.78. The van der Waals surface area contributed by atoms with E-state index in [9.17, 15) is 19.2 Å². The van der Waals surface area contributed by atoms with Crippen molar-refractivity contribution in [2.24, 2.45) is 5.92 Å². The first-order valence-electron chi connectivity index (χ1n) is 12.6. The van der Waals surface area contributed by atoms with E-state index in [0.29, 0.717) is 29.2 Å². The molecule has 0 spiro atoms. The number of halogens is 1. The quantitative estimate of drug-likeness (QED) is 0.376. The van der Waals surface area contributed by atoms with Crippen LogP contribution in [0.1, 0.15) is 61.4 Å². The molecule has 1 saturated heterocycles. The molecule has 1 atom stereocenters. The summed E-state index contributed by atoms with van der Waals surface area (Å²) in [5.41, 5.74) is 1.68. The number of nitrogens with zero attached hydrogens (tertiary/aromatic N) is 2. The van der Waals surface area contributed by atoms with Crippen LogP contribution in [0.15, 0.2) is 48.5 Å². The minimum atomic E-state index is -0.851. The van der Waals surface area contributed by atoms with Crippen molar-refractivity contribution >= 4 is 41.0 Å². The zero-order valence-corrected chi connectivity index (χ0v) is 21.2. The zero-order chi connectivity index (χ0) is 25.7. The van der Waals surface area contributed by atoms with E-state index in [1.807, 2.05) is 18.2 Å². The molecule has 1 heterocycles. The van der Waals surface area contributed by atoms with Gasteiger partial charge in [-0.1, -0.05) is 43.0 Å². The number of hydrogen-bond acceptors (Lipinski definition) is 5. The van der Waals surface area contributed by atoms with Crippen LogP contribution >= 0.6 is 11.6 Å². The van der Waals surface area contributed by atoms with Gasteiger partial charge in [0.15, 0.2) is 0 Å². The molecule has 36 heavy (non-hydrogen) atoms. The molecule has 0 N–H and O–H groups in total. The second-order valence-corrected chi connectivity index (χ2v) is 9.74. The molecule has 1 unspecified atom stereocenters. The number of carbonyl (C=O) groups is 4. The summed E-state index contributed by atoms with van der Waals surface area (Å²) in [5.74, 6) is -1.43. The number of hydrogen-bond donors (Lipinski definition) is 0. The Kier molecular flexibility index (Phi) is 8.41. The van der Waals surface area contributed by atoms with Crippen molar-refractivity contribution in [2.45, 2.75) is 57.9 Å². The number of amides is 3. The minimum Gasteiger partial charge on any atom is -0.462 e. The Balaban J connectivity index is 1.55. The molecular formula is C28H31ClN2O5. The van der Waals surface area contributed by atoms with Crippen LogP contribution in [0, 0.1) is 5.92 Å². The molecule has 2 aliphatic rings. The fourth-order valence-corrected chi connectivity index (χ4v) is 5.25. The predicted molar refractivity (Wildman–Crippen MR) is 137 cm³/mol. The Morgan fingerprint density at radius 3 is 2.44 bits per heavy atom. The minimum absolute atomic E-state index is 0.0533. The number of esters is 1. The lowest BCUT2D eigenvalue weighted by Gasteiger charge is -2.32. The van der Waals surface area contributed by atoms with Gasteiger partial charge in [0.2, 0.25) is 11.8 Å². The molecule has 4 rings (SSSR count). The maximum absolute atomic E-state index is 13.6. The van der Waals surface area contributed by atoms with Crippen LogP contribution in [0.2, 0.25) is 5.02 Å². The molecule has 2 aromatic rings. The van der Waals surface area contributed by atoms with Gasteiger partial charge < -0.3 is 9.64 Å². The van der Waals surface area contributed by atoms with Crippen LogP contribution in [-0.4, -0.2) is 47.8 Å². The number of rotatable bonds is 8. The highest BCUT2D eigenvalue weighted by atomic mass is 35.5. The third-order valence-electron chi connectivity index (χ3n) is 6.90. The summed E-state index contributed by atoms with van der Waals surface area (Å²) >= 11 is 6.13. The van der Waals surface area contributed by atoms with Crippen LogP contribution in [0.3, 0.4) is 0 Å². The molecule has 2 fully saturated rings. The normalized spacial score (nSPS) is 18.4. The Labute approximate surface area is 216 Å². The second-order valence-electron chi connectivity index (χ2n) is 9.30. The van der Waals surface area contributed by atoms with Crippen molar-refractivity contribution in [2.75, 3.05) is 18.1 Å². The molecule has 0 radical (unpaired) electrons. The Morgan fingerprint density at radius 1 is 1.06 bits per heavy atom. The highest BCUT2D eigenvalue weighted by Crippen LogP contribution is 2.31. The van der Waals surface area contributed by atoms with Gasteiger partial charge in [0, 0.05) is 17.5 Å². The Bertz CT molecular complexity index is 1130. The van der Waals surface area contributed by atoms with E-state index in [2.05, 4.69) is 0 Å². The highest BCUT2D eigenvalue weighted by molar-refractivity contribution is 6.30. The van der Waals surface area contributed by atoms with Crippen LogP contribution in [0.4, 0.5) is 5.69 Å². The average molecular weight is 511 g/mol. The van der Waals surface area contributed by atoms with Gasteiger partial charge >= 0.3 is 5.97 Å². The summed E-state index contributed by atoms with van der Waals surface area (Å²) in [6.07, 6.45) is 5.19. The van der Waals surface area contributed by atoms with Gasteiger partial charge in [-0.05, 0) is 68.1 Å². The third-order valence-corrected chi connectivity index (χ3v) is 7.14. The van der Waals surface area contributed by atoms with Crippen molar-refractivity contribution in [3.63, 3.8) is 0 Å². The van der Waals surface area contributed by atoms with Crippen molar-refractivity contribution in [3.05, 3.63) is 64.7 Å². The van der Waals surface area contributed by atoms with Gasteiger partial charge in [-0.25, -0.2) is 9.69 Å². The molecular weight excluding hydrogens is 480 g/mol. The molecule has 1 aliphatic heterocycles. The van der Waals surface area contributed by atoms with Gasteiger partial charge in [-0.3, -0.25) is 14.4 Å². The summed E-state index contributed by atoms with van der Waals surface area (Å²) in [6.45, 7) is 2.31. The lowest BCUT2D eigenvalue weighted by Crippen LogP contribution is -2.48. The molecule has 1 aliphatic carbocycles. The number of imide groups is 1. The summed E-state index contributed by atoms with van der Waals surface area (Å²) in [5, 5.41) is 0.613. The van der Waals surface area contributed by atoms with Gasteiger partial charge in [0.05, 0.1) is 24.3 Å². The topological polar surface area (TPSA) is 84.0 Å². The molecule has 2 aromatic carbocycles. The first-order valence-corrected chi connectivity index (χ1v) is 13.0. The van der Waals surface area contributed by atoms with Gasteiger partial charge in [-0.2, -0.15) is 0 Å². The van der Waals surface area contributed by atoms with E-state index in [-0.39, 0.29) is 30.8 Å². The van der Waals surface area contributed by atoms with Crippen LogP contribution < -0.4 is 4.90 Å². The van der Waals surface area contributed by atoms with Crippen LogP contribution in [0.5, 0.6) is 0 Å². The lowest BCUT2D eigenvalue weighted by atomic mass is 9.87. The van der Waals surface area contributed by atoms with E-state index < -0.39 is 17.9 Å². The summed E-state index contributed by atoms with van der Waals surface area (Å²) in [6, 6.07) is 12.8.